The molecule has 0 amide bonds. The molecule has 0 saturated heterocycles. The van der Waals surface area contributed by atoms with E-state index in [1.165, 1.54) is 24.3 Å². The van der Waals surface area contributed by atoms with E-state index in [2.05, 4.69) is 8.92 Å². The molecule has 0 radical (unpaired) electrons. The fourth-order valence-corrected chi connectivity index (χ4v) is 1.17. The molecule has 100 valence electrons. The van der Waals surface area contributed by atoms with Crippen LogP contribution in [0.1, 0.15) is 10.4 Å². The highest BCUT2D eigenvalue weighted by atomic mass is 32.2. The van der Waals surface area contributed by atoms with Gasteiger partial charge in [0.05, 0.1) is 5.56 Å². The van der Waals surface area contributed by atoms with Gasteiger partial charge < -0.3 is 4.74 Å². The summed E-state index contributed by atoms with van der Waals surface area (Å²) >= 11 is 0. The Morgan fingerprint density at radius 1 is 1.17 bits per heavy atom. The zero-order chi connectivity index (χ0) is 13.8. The Balaban J connectivity index is 2.52. The Morgan fingerprint density at radius 2 is 1.72 bits per heavy atom. The largest absolute Gasteiger partial charge is 0.523 e. The summed E-state index contributed by atoms with van der Waals surface area (Å²) in [6, 6.07) is 7.32. The van der Waals surface area contributed by atoms with Crippen molar-refractivity contribution in [2.45, 2.75) is 5.51 Å². The normalized spacial score (nSPS) is 12.2. The van der Waals surface area contributed by atoms with Gasteiger partial charge in [-0.2, -0.15) is 21.6 Å². The second-order valence-corrected chi connectivity index (χ2v) is 4.54. The van der Waals surface area contributed by atoms with Crippen molar-refractivity contribution in [3.05, 3.63) is 35.9 Å². The molecule has 1 aromatic carbocycles. The first-order valence-corrected chi connectivity index (χ1v) is 5.83. The molecule has 0 heterocycles. The van der Waals surface area contributed by atoms with Crippen molar-refractivity contribution < 1.29 is 35.3 Å². The summed E-state index contributed by atoms with van der Waals surface area (Å²) in [6.07, 6.45) is 0. The Kier molecular flexibility index (Phi) is 4.30. The molecule has 9 heteroatoms. The maximum Gasteiger partial charge on any atom is 0.523 e. The van der Waals surface area contributed by atoms with Gasteiger partial charge in [0.2, 0.25) is 6.79 Å². The van der Waals surface area contributed by atoms with Crippen LogP contribution in [0.25, 0.3) is 0 Å². The Bertz CT molecular complexity index is 509. The monoisotopic (exact) mass is 284 g/mol. The lowest BCUT2D eigenvalue weighted by Gasteiger charge is -2.08. The first-order chi connectivity index (χ1) is 8.24. The predicted molar refractivity (Wildman–Crippen MR) is 52.8 cm³/mol. The lowest BCUT2D eigenvalue weighted by atomic mass is 10.2. The Hall–Kier alpha value is -1.61. The van der Waals surface area contributed by atoms with Crippen LogP contribution >= 0.6 is 0 Å². The van der Waals surface area contributed by atoms with Gasteiger partial charge >= 0.3 is 21.6 Å². The van der Waals surface area contributed by atoms with Crippen molar-refractivity contribution in [3.8, 4) is 0 Å². The van der Waals surface area contributed by atoms with E-state index in [1.54, 1.807) is 6.07 Å². The third-order valence-electron chi connectivity index (χ3n) is 1.69. The molecular formula is C9H7F3O5S. The molecule has 0 aliphatic rings. The summed E-state index contributed by atoms with van der Waals surface area (Å²) < 4.78 is 64.1. The van der Waals surface area contributed by atoms with Crippen LogP contribution < -0.4 is 0 Å². The number of carbonyl (C=O) groups is 1. The average molecular weight is 284 g/mol. The maximum atomic E-state index is 11.8. The fraction of sp³-hybridized carbons (Fsp3) is 0.222. The number of hydrogen-bond donors (Lipinski definition) is 0. The van der Waals surface area contributed by atoms with E-state index >= 15 is 0 Å². The minimum absolute atomic E-state index is 0.0607. The van der Waals surface area contributed by atoms with Gasteiger partial charge in [-0.25, -0.2) is 8.98 Å². The van der Waals surface area contributed by atoms with E-state index in [0.717, 1.165) is 0 Å². The summed E-state index contributed by atoms with van der Waals surface area (Å²) in [5.74, 6) is -0.993. The zero-order valence-electron chi connectivity index (χ0n) is 8.68. The molecule has 0 unspecified atom stereocenters. The van der Waals surface area contributed by atoms with Crippen molar-refractivity contribution in [1.29, 1.82) is 0 Å². The van der Waals surface area contributed by atoms with Gasteiger partial charge in [-0.15, -0.1) is 0 Å². The fourth-order valence-electron chi connectivity index (χ4n) is 0.865. The highest BCUT2D eigenvalue weighted by Gasteiger charge is 2.47. The number of ether oxygens (including phenoxy) is 1. The molecule has 0 bridgehead atoms. The predicted octanol–water partition coefficient (Wildman–Crippen LogP) is 1.67. The van der Waals surface area contributed by atoms with Gasteiger partial charge in [0, 0.05) is 0 Å². The van der Waals surface area contributed by atoms with Crippen LogP contribution in [0.4, 0.5) is 13.2 Å². The number of rotatable bonds is 4. The van der Waals surface area contributed by atoms with Crippen molar-refractivity contribution in [2.75, 3.05) is 6.79 Å². The lowest BCUT2D eigenvalue weighted by molar-refractivity contribution is -0.0622. The van der Waals surface area contributed by atoms with Gasteiger partial charge in [0.1, 0.15) is 0 Å². The summed E-state index contributed by atoms with van der Waals surface area (Å²) in [7, 11) is -5.75. The van der Waals surface area contributed by atoms with Gasteiger partial charge in [-0.1, -0.05) is 18.2 Å². The highest BCUT2D eigenvalue weighted by Crippen LogP contribution is 2.24. The number of hydrogen-bond acceptors (Lipinski definition) is 5. The van der Waals surface area contributed by atoms with Gasteiger partial charge in [-0.3, -0.25) is 0 Å². The first-order valence-electron chi connectivity index (χ1n) is 4.42. The summed E-state index contributed by atoms with van der Waals surface area (Å²) in [5, 5.41) is 0. The van der Waals surface area contributed by atoms with E-state index in [-0.39, 0.29) is 5.56 Å². The topological polar surface area (TPSA) is 69.7 Å². The summed E-state index contributed by atoms with van der Waals surface area (Å²) in [4.78, 5) is 11.2. The van der Waals surface area contributed by atoms with E-state index in [1.807, 2.05) is 0 Å². The molecule has 0 fully saturated rings. The lowest BCUT2D eigenvalue weighted by Crippen LogP contribution is -2.27. The quantitative estimate of drug-likeness (QED) is 0.364. The van der Waals surface area contributed by atoms with Gasteiger partial charge in [0.15, 0.2) is 0 Å². The molecule has 0 spiro atoms. The second kappa shape index (κ2) is 5.36. The van der Waals surface area contributed by atoms with Crippen molar-refractivity contribution in [3.63, 3.8) is 0 Å². The van der Waals surface area contributed by atoms with Gasteiger partial charge in [0.25, 0.3) is 0 Å². The van der Waals surface area contributed by atoms with Crippen LogP contribution in [-0.4, -0.2) is 26.7 Å². The average Bonchev–Trinajstić information content (AvgIpc) is 2.28. The molecule has 18 heavy (non-hydrogen) atoms. The number of carbonyl (C=O) groups excluding carboxylic acids is 1. The van der Waals surface area contributed by atoms with E-state index in [0.29, 0.717) is 0 Å². The van der Waals surface area contributed by atoms with Crippen molar-refractivity contribution in [2.24, 2.45) is 0 Å². The SMILES string of the molecule is O=C(OCOS(=O)(=O)C(F)(F)F)c1ccccc1. The zero-order valence-corrected chi connectivity index (χ0v) is 9.49. The first kappa shape index (κ1) is 14.5. The number of esters is 1. The molecule has 0 aliphatic heterocycles. The molecule has 0 saturated carbocycles. The van der Waals surface area contributed by atoms with E-state index < -0.39 is 28.4 Å². The van der Waals surface area contributed by atoms with Gasteiger partial charge in [-0.05, 0) is 12.1 Å². The number of benzene rings is 1. The molecule has 5 nitrogen and oxygen atoms in total. The van der Waals surface area contributed by atoms with Crippen molar-refractivity contribution in [1.82, 2.24) is 0 Å². The van der Waals surface area contributed by atoms with Crippen LogP contribution in [0, 0.1) is 0 Å². The molecule has 0 atom stereocenters. The highest BCUT2D eigenvalue weighted by molar-refractivity contribution is 7.87. The smallest absolute Gasteiger partial charge is 0.434 e. The standard InChI is InChI=1S/C9H7F3O5S/c10-9(11,12)18(14,15)17-6-16-8(13)7-4-2-1-3-5-7/h1-5H,6H2. The maximum absolute atomic E-state index is 11.8. The molecule has 1 aromatic rings. The molecular weight excluding hydrogens is 277 g/mol. The van der Waals surface area contributed by atoms with Crippen molar-refractivity contribution >= 4 is 16.1 Å². The Labute approximate surface area is 100 Å². The third kappa shape index (κ3) is 3.70. The minimum atomic E-state index is -5.75. The molecule has 0 N–H and O–H groups in total. The molecule has 1 rings (SSSR count). The molecule has 0 aromatic heterocycles. The minimum Gasteiger partial charge on any atom is -0.434 e. The van der Waals surface area contributed by atoms with E-state index in [9.17, 15) is 26.4 Å². The van der Waals surface area contributed by atoms with Crippen LogP contribution in [-0.2, 0) is 19.0 Å². The van der Waals surface area contributed by atoms with Crippen LogP contribution in [0.5, 0.6) is 0 Å². The number of halogens is 3. The second-order valence-electron chi connectivity index (χ2n) is 2.93. The van der Waals surface area contributed by atoms with Crippen LogP contribution in [0.3, 0.4) is 0 Å². The van der Waals surface area contributed by atoms with Crippen LogP contribution in [0.2, 0.25) is 0 Å². The molecule has 0 aliphatic carbocycles. The van der Waals surface area contributed by atoms with Crippen LogP contribution in [0.15, 0.2) is 30.3 Å². The summed E-state index contributed by atoms with van der Waals surface area (Å²) in [6.45, 7) is -1.34. The third-order valence-corrected chi connectivity index (χ3v) is 2.66. The Morgan fingerprint density at radius 3 is 2.22 bits per heavy atom. The van der Waals surface area contributed by atoms with E-state index in [4.69, 9.17) is 0 Å². The number of alkyl halides is 3. The summed E-state index contributed by atoms with van der Waals surface area (Å²) in [5.41, 5.74) is -5.49.